The summed E-state index contributed by atoms with van der Waals surface area (Å²) in [6, 6.07) is 12.2. The number of nitrogens with zero attached hydrogens (tertiary/aromatic N) is 3. The molecule has 1 aliphatic rings. The third-order valence-corrected chi connectivity index (χ3v) is 6.19. The molecule has 1 N–H and O–H groups in total. The summed E-state index contributed by atoms with van der Waals surface area (Å²) in [4.78, 5) is 12.9. The van der Waals surface area contributed by atoms with Gasteiger partial charge in [0.25, 0.3) is 0 Å². The number of hydrogen-bond donors (Lipinski definition) is 1. The van der Waals surface area contributed by atoms with Crippen molar-refractivity contribution < 1.29 is 9.21 Å². The molecule has 4 rings (SSSR count). The molecule has 0 saturated heterocycles. The number of amides is 1. The fraction of sp³-hybridized carbons (Fsp3) is 0.381. The average molecular weight is 397 g/mol. The van der Waals surface area contributed by atoms with Crippen molar-refractivity contribution in [1.29, 1.82) is 0 Å². The molecule has 3 aromatic rings. The van der Waals surface area contributed by atoms with E-state index in [0.717, 1.165) is 24.4 Å². The van der Waals surface area contributed by atoms with E-state index < -0.39 is 0 Å². The lowest BCUT2D eigenvalue weighted by Gasteiger charge is -2.27. The van der Waals surface area contributed by atoms with Crippen molar-refractivity contribution in [1.82, 2.24) is 20.1 Å². The van der Waals surface area contributed by atoms with Gasteiger partial charge in [0.15, 0.2) is 16.7 Å². The van der Waals surface area contributed by atoms with Gasteiger partial charge in [-0.25, -0.2) is 0 Å². The average Bonchev–Trinajstić information content (AvgIpc) is 3.37. The Balaban J connectivity index is 1.46. The summed E-state index contributed by atoms with van der Waals surface area (Å²) in [7, 11) is 0. The van der Waals surface area contributed by atoms with Crippen molar-refractivity contribution in [3.63, 3.8) is 0 Å². The maximum absolute atomic E-state index is 12.9. The molecule has 0 aliphatic heterocycles. The van der Waals surface area contributed by atoms with E-state index in [1.165, 1.54) is 22.9 Å². The standard InChI is InChI=1S/C21H24N4O2S/c1-3-25-19(18-12-7-13-27-18)23-24-21(25)28-14(2)20(26)22-17-11-6-9-15-8-4-5-10-16(15)17/h4-5,7-8,10,12-14,17H,3,6,9,11H2,1-2H3,(H,22,26)/t14-,17-/m1/s1. The van der Waals surface area contributed by atoms with E-state index in [4.69, 9.17) is 4.42 Å². The monoisotopic (exact) mass is 396 g/mol. The van der Waals surface area contributed by atoms with Gasteiger partial charge in [0.2, 0.25) is 5.91 Å². The zero-order chi connectivity index (χ0) is 19.5. The number of nitrogens with one attached hydrogen (secondary N) is 1. The first-order valence-electron chi connectivity index (χ1n) is 9.69. The molecule has 0 unspecified atom stereocenters. The van der Waals surface area contributed by atoms with Gasteiger partial charge in [-0.3, -0.25) is 9.36 Å². The van der Waals surface area contributed by atoms with Gasteiger partial charge in [-0.2, -0.15) is 0 Å². The van der Waals surface area contributed by atoms with Crippen LogP contribution in [0.5, 0.6) is 0 Å². The van der Waals surface area contributed by atoms with Gasteiger partial charge < -0.3 is 9.73 Å². The minimum Gasteiger partial charge on any atom is -0.461 e. The first-order chi connectivity index (χ1) is 13.7. The van der Waals surface area contributed by atoms with Crippen LogP contribution in [0.4, 0.5) is 0 Å². The van der Waals surface area contributed by atoms with E-state index in [9.17, 15) is 4.79 Å². The Hall–Kier alpha value is -2.54. The highest BCUT2D eigenvalue weighted by Crippen LogP contribution is 2.31. The fourth-order valence-corrected chi connectivity index (χ4v) is 4.58. The number of carbonyl (C=O) groups is 1. The van der Waals surface area contributed by atoms with Crippen molar-refractivity contribution in [3.05, 3.63) is 53.8 Å². The van der Waals surface area contributed by atoms with Crippen LogP contribution in [0, 0.1) is 0 Å². The lowest BCUT2D eigenvalue weighted by atomic mass is 9.88. The second-order valence-electron chi connectivity index (χ2n) is 6.94. The molecule has 146 valence electrons. The fourth-order valence-electron chi connectivity index (χ4n) is 3.65. The molecule has 6 nitrogen and oxygen atoms in total. The maximum Gasteiger partial charge on any atom is 0.233 e. The molecular formula is C21H24N4O2S. The lowest BCUT2D eigenvalue weighted by Crippen LogP contribution is -2.36. The molecule has 0 spiro atoms. The molecule has 1 aliphatic carbocycles. The number of hydrogen-bond acceptors (Lipinski definition) is 5. The first-order valence-corrected chi connectivity index (χ1v) is 10.6. The summed E-state index contributed by atoms with van der Waals surface area (Å²) in [6.45, 7) is 4.65. The van der Waals surface area contributed by atoms with Crippen molar-refractivity contribution in [2.45, 2.75) is 56.1 Å². The summed E-state index contributed by atoms with van der Waals surface area (Å²) in [5.74, 6) is 1.39. The van der Waals surface area contributed by atoms with Gasteiger partial charge in [0, 0.05) is 6.54 Å². The highest BCUT2D eigenvalue weighted by atomic mass is 32.2. The Kier molecular flexibility index (Phi) is 5.52. The van der Waals surface area contributed by atoms with Crippen LogP contribution in [0.1, 0.15) is 43.9 Å². The van der Waals surface area contributed by atoms with E-state index >= 15 is 0 Å². The number of fused-ring (bicyclic) bond motifs is 1. The summed E-state index contributed by atoms with van der Waals surface area (Å²) in [5.41, 5.74) is 2.59. The normalized spacial score (nSPS) is 17.1. The number of rotatable bonds is 6. The van der Waals surface area contributed by atoms with E-state index in [-0.39, 0.29) is 17.2 Å². The van der Waals surface area contributed by atoms with Crippen molar-refractivity contribution >= 4 is 17.7 Å². The van der Waals surface area contributed by atoms with E-state index in [1.54, 1.807) is 6.26 Å². The largest absolute Gasteiger partial charge is 0.461 e. The predicted octanol–water partition coefficient (Wildman–Crippen LogP) is 4.23. The quantitative estimate of drug-likeness (QED) is 0.631. The highest BCUT2D eigenvalue weighted by Gasteiger charge is 2.26. The molecule has 1 aromatic carbocycles. The highest BCUT2D eigenvalue weighted by molar-refractivity contribution is 8.00. The first kappa shape index (κ1) is 18.8. The minimum absolute atomic E-state index is 0.0249. The lowest BCUT2D eigenvalue weighted by molar-refractivity contribution is -0.121. The molecule has 0 fully saturated rings. The van der Waals surface area contributed by atoms with Crippen LogP contribution in [0.25, 0.3) is 11.6 Å². The van der Waals surface area contributed by atoms with E-state index in [1.807, 2.05) is 36.6 Å². The minimum atomic E-state index is -0.270. The van der Waals surface area contributed by atoms with E-state index in [2.05, 4.69) is 33.7 Å². The van der Waals surface area contributed by atoms with E-state index in [0.29, 0.717) is 18.1 Å². The van der Waals surface area contributed by atoms with Crippen molar-refractivity contribution in [3.8, 4) is 11.6 Å². The number of furan rings is 1. The summed E-state index contributed by atoms with van der Waals surface area (Å²) in [6.07, 6.45) is 4.78. The van der Waals surface area contributed by atoms with Crippen LogP contribution in [0.3, 0.4) is 0 Å². The van der Waals surface area contributed by atoms with Crippen molar-refractivity contribution in [2.75, 3.05) is 0 Å². The van der Waals surface area contributed by atoms with Gasteiger partial charge in [0.1, 0.15) is 0 Å². The summed E-state index contributed by atoms with van der Waals surface area (Å²) >= 11 is 1.43. The molecule has 0 saturated carbocycles. The van der Waals surface area contributed by atoms with Crippen LogP contribution in [0.15, 0.2) is 52.2 Å². The zero-order valence-electron chi connectivity index (χ0n) is 16.1. The van der Waals surface area contributed by atoms with Gasteiger partial charge >= 0.3 is 0 Å². The number of aromatic nitrogens is 3. The maximum atomic E-state index is 12.9. The molecule has 2 atom stereocenters. The van der Waals surface area contributed by atoms with Crippen LogP contribution in [-0.2, 0) is 17.8 Å². The second-order valence-corrected chi connectivity index (χ2v) is 8.25. The number of thioether (sulfide) groups is 1. The topological polar surface area (TPSA) is 73.0 Å². The molecule has 28 heavy (non-hydrogen) atoms. The molecule has 2 heterocycles. The van der Waals surface area contributed by atoms with Gasteiger partial charge in [-0.15, -0.1) is 10.2 Å². The Labute approximate surface area is 168 Å². The van der Waals surface area contributed by atoms with Crippen molar-refractivity contribution in [2.24, 2.45) is 0 Å². The molecule has 0 radical (unpaired) electrons. The number of benzene rings is 1. The Morgan fingerprint density at radius 3 is 2.96 bits per heavy atom. The van der Waals surface area contributed by atoms with Crippen LogP contribution in [-0.4, -0.2) is 25.9 Å². The number of carbonyl (C=O) groups excluding carboxylic acids is 1. The van der Waals surface area contributed by atoms with Crippen LogP contribution < -0.4 is 5.32 Å². The van der Waals surface area contributed by atoms with Crippen LogP contribution >= 0.6 is 11.8 Å². The molecular weight excluding hydrogens is 372 g/mol. The third-order valence-electron chi connectivity index (χ3n) is 5.11. The second kappa shape index (κ2) is 8.22. The molecule has 0 bridgehead atoms. The predicted molar refractivity (Wildman–Crippen MR) is 109 cm³/mol. The SMILES string of the molecule is CCn1c(S[C@H](C)C(=O)N[C@@H]2CCCc3ccccc32)nnc1-c1ccco1. The summed E-state index contributed by atoms with van der Waals surface area (Å²) < 4.78 is 7.43. The Bertz CT molecular complexity index is 951. The van der Waals surface area contributed by atoms with Gasteiger partial charge in [-0.05, 0) is 56.4 Å². The zero-order valence-corrected chi connectivity index (χ0v) is 16.9. The molecule has 7 heteroatoms. The Morgan fingerprint density at radius 2 is 2.18 bits per heavy atom. The van der Waals surface area contributed by atoms with Gasteiger partial charge in [0.05, 0.1) is 17.6 Å². The smallest absolute Gasteiger partial charge is 0.233 e. The molecule has 2 aromatic heterocycles. The third kappa shape index (κ3) is 3.71. The van der Waals surface area contributed by atoms with Gasteiger partial charge in [-0.1, -0.05) is 36.0 Å². The summed E-state index contributed by atoms with van der Waals surface area (Å²) in [5, 5.41) is 12.2. The number of aryl methyl sites for hydroxylation is 1. The van der Waals surface area contributed by atoms with Crippen LogP contribution in [0.2, 0.25) is 0 Å². The Morgan fingerprint density at radius 1 is 1.32 bits per heavy atom. The molecule has 1 amide bonds.